The van der Waals surface area contributed by atoms with Crippen LogP contribution in [0.1, 0.15) is 54.9 Å². The van der Waals surface area contributed by atoms with Crippen LogP contribution < -0.4 is 21.0 Å². The first-order chi connectivity index (χ1) is 23.5. The number of hydrogen-bond acceptors (Lipinski definition) is 3. The summed E-state index contributed by atoms with van der Waals surface area (Å²) in [6.45, 7) is 9.62. The Balaban J connectivity index is 1.35. The van der Waals surface area contributed by atoms with Gasteiger partial charge in [-0.15, -0.1) is 0 Å². The van der Waals surface area contributed by atoms with Gasteiger partial charge in [0.05, 0.1) is 18.2 Å². The molecule has 4 aromatic carbocycles. The first-order valence-electron chi connectivity index (χ1n) is 16.3. The minimum atomic E-state index is -2.84. The van der Waals surface area contributed by atoms with Crippen molar-refractivity contribution in [3.8, 4) is 11.1 Å². The maximum absolute atomic E-state index is 12.7. The van der Waals surface area contributed by atoms with E-state index in [0.29, 0.717) is 27.7 Å². The second kappa shape index (κ2) is 15.9. The Hall–Kier alpha value is -4.40. The SMILES string of the molecule is CCNC(=O)c1ccc(C=CC(=O)NCc2[nH]ccc2-c2ccc(Cl)c(CO[Si](c3ccccc3)(c3ccccc3)C(C)(C)C)c2Cl)cc1. The Labute approximate surface area is 299 Å². The van der Waals surface area contributed by atoms with Gasteiger partial charge < -0.3 is 20.0 Å². The van der Waals surface area contributed by atoms with Crippen LogP contribution in [0.2, 0.25) is 15.1 Å². The topological polar surface area (TPSA) is 83.2 Å². The monoisotopic (exact) mass is 709 g/mol. The molecule has 0 atom stereocenters. The van der Waals surface area contributed by atoms with Gasteiger partial charge in [0.1, 0.15) is 0 Å². The van der Waals surface area contributed by atoms with Crippen molar-refractivity contribution < 1.29 is 14.0 Å². The Morgan fingerprint density at radius 3 is 2.04 bits per heavy atom. The molecule has 3 N–H and O–H groups in total. The number of H-pyrrole nitrogens is 1. The van der Waals surface area contributed by atoms with E-state index >= 15 is 0 Å². The van der Waals surface area contributed by atoms with Gasteiger partial charge in [-0.3, -0.25) is 9.59 Å². The van der Waals surface area contributed by atoms with E-state index in [9.17, 15) is 9.59 Å². The predicted molar refractivity (Wildman–Crippen MR) is 204 cm³/mol. The largest absolute Gasteiger partial charge is 0.403 e. The van der Waals surface area contributed by atoms with Gasteiger partial charge in [-0.05, 0) is 58.2 Å². The average Bonchev–Trinajstić information content (AvgIpc) is 3.57. The number of amides is 2. The maximum Gasteiger partial charge on any atom is 0.261 e. The summed E-state index contributed by atoms with van der Waals surface area (Å²) in [5.41, 5.74) is 4.55. The molecule has 2 amide bonds. The standard InChI is InChI=1S/C40H41Cl2N3O3Si/c1-5-43-39(47)29-19-16-28(17-20-29)18-23-37(46)45-26-36-32(24-25-44-36)33-21-22-35(41)34(38(33)42)27-48-49(40(2,3)4,30-12-8-6-9-13-30)31-14-10-7-11-15-31/h6-25,44H,5,26-27H2,1-4H3,(H,43,47)(H,45,46). The quantitative estimate of drug-likeness (QED) is 0.0904. The number of nitrogens with one attached hydrogen (secondary N) is 3. The second-order valence-electron chi connectivity index (χ2n) is 12.7. The highest BCUT2D eigenvalue weighted by Crippen LogP contribution is 2.40. The van der Waals surface area contributed by atoms with E-state index < -0.39 is 8.32 Å². The highest BCUT2D eigenvalue weighted by molar-refractivity contribution is 6.99. The fourth-order valence-electron chi connectivity index (χ4n) is 6.10. The molecule has 9 heteroatoms. The number of carbonyl (C=O) groups excluding carboxylic acids is 2. The summed E-state index contributed by atoms with van der Waals surface area (Å²) in [6.07, 6.45) is 5.01. The minimum absolute atomic E-state index is 0.128. The third-order valence-corrected chi connectivity index (χ3v) is 14.3. The molecule has 0 fully saturated rings. The lowest BCUT2D eigenvalue weighted by molar-refractivity contribution is -0.116. The summed E-state index contributed by atoms with van der Waals surface area (Å²) in [7, 11) is -2.84. The van der Waals surface area contributed by atoms with E-state index in [2.05, 4.69) is 84.9 Å². The Kier molecular flexibility index (Phi) is 11.6. The molecule has 1 heterocycles. The summed E-state index contributed by atoms with van der Waals surface area (Å²) < 4.78 is 7.17. The molecule has 0 radical (unpaired) electrons. The molecule has 5 aromatic rings. The zero-order valence-corrected chi connectivity index (χ0v) is 30.7. The van der Waals surface area contributed by atoms with Gasteiger partial charge in [0.25, 0.3) is 14.2 Å². The van der Waals surface area contributed by atoms with Crippen LogP contribution in [0.25, 0.3) is 17.2 Å². The van der Waals surface area contributed by atoms with Crippen molar-refractivity contribution in [3.05, 3.63) is 148 Å². The lowest BCUT2D eigenvalue weighted by atomic mass is 10.0. The van der Waals surface area contributed by atoms with Gasteiger partial charge in [-0.2, -0.15) is 0 Å². The second-order valence-corrected chi connectivity index (χ2v) is 17.8. The zero-order chi connectivity index (χ0) is 35.0. The van der Waals surface area contributed by atoms with Crippen molar-refractivity contribution in [1.82, 2.24) is 15.6 Å². The molecule has 49 heavy (non-hydrogen) atoms. The van der Waals surface area contributed by atoms with Crippen LogP contribution in [-0.2, 0) is 22.4 Å². The lowest BCUT2D eigenvalue weighted by Crippen LogP contribution is -2.66. The van der Waals surface area contributed by atoms with Crippen molar-refractivity contribution in [2.75, 3.05) is 6.54 Å². The highest BCUT2D eigenvalue weighted by Gasteiger charge is 2.50. The fraction of sp³-hybridized carbons (Fsp3) is 0.200. The number of halogens is 2. The van der Waals surface area contributed by atoms with Crippen molar-refractivity contribution >= 4 is 59.8 Å². The number of aromatic amines is 1. The number of rotatable bonds is 12. The smallest absolute Gasteiger partial charge is 0.261 e. The van der Waals surface area contributed by atoms with Crippen molar-refractivity contribution in [1.29, 1.82) is 0 Å². The fourth-order valence-corrected chi connectivity index (χ4v) is 11.2. The Bertz CT molecular complexity index is 1880. The molecule has 252 valence electrons. The summed E-state index contributed by atoms with van der Waals surface area (Å²) in [4.78, 5) is 28.0. The molecule has 0 saturated carbocycles. The molecule has 0 unspecified atom stereocenters. The molecule has 0 bridgehead atoms. The highest BCUT2D eigenvalue weighted by atomic mass is 35.5. The molecule has 6 nitrogen and oxygen atoms in total. The molecule has 1 aromatic heterocycles. The summed E-state index contributed by atoms with van der Waals surface area (Å²) in [5.74, 6) is -0.382. The van der Waals surface area contributed by atoms with Gasteiger partial charge in [0, 0.05) is 51.8 Å². The molecular formula is C40H41Cl2N3O3Si. The van der Waals surface area contributed by atoms with Crippen molar-refractivity contribution in [2.45, 2.75) is 45.9 Å². The van der Waals surface area contributed by atoms with Crippen molar-refractivity contribution in [2.24, 2.45) is 0 Å². The van der Waals surface area contributed by atoms with Gasteiger partial charge in [0.2, 0.25) is 5.91 Å². The van der Waals surface area contributed by atoms with E-state index in [1.165, 1.54) is 16.4 Å². The summed E-state index contributed by atoms with van der Waals surface area (Å²) in [6, 6.07) is 33.7. The van der Waals surface area contributed by atoms with Crippen LogP contribution in [0.4, 0.5) is 0 Å². The van der Waals surface area contributed by atoms with Crippen LogP contribution >= 0.6 is 23.2 Å². The van der Waals surface area contributed by atoms with Crippen LogP contribution in [0.3, 0.4) is 0 Å². The molecular weight excluding hydrogens is 669 g/mol. The summed E-state index contributed by atoms with van der Waals surface area (Å²) in [5, 5.41) is 8.89. The minimum Gasteiger partial charge on any atom is -0.403 e. The molecule has 0 aliphatic carbocycles. The zero-order valence-electron chi connectivity index (χ0n) is 28.1. The number of carbonyl (C=O) groups is 2. The van der Waals surface area contributed by atoms with E-state index in [0.717, 1.165) is 22.4 Å². The van der Waals surface area contributed by atoms with Gasteiger partial charge in [0.15, 0.2) is 0 Å². The predicted octanol–water partition coefficient (Wildman–Crippen LogP) is 8.14. The van der Waals surface area contributed by atoms with E-state index in [-0.39, 0.29) is 30.0 Å². The molecule has 0 aliphatic heterocycles. The molecule has 0 spiro atoms. The average molecular weight is 711 g/mol. The van der Waals surface area contributed by atoms with Gasteiger partial charge in [-0.25, -0.2) is 0 Å². The normalized spacial score (nSPS) is 11.9. The van der Waals surface area contributed by atoms with Crippen LogP contribution in [0.5, 0.6) is 0 Å². The van der Waals surface area contributed by atoms with Crippen molar-refractivity contribution in [3.63, 3.8) is 0 Å². The van der Waals surface area contributed by atoms with Gasteiger partial charge in [-0.1, -0.05) is 123 Å². The first kappa shape index (κ1) is 35.9. The number of hydrogen-bond donors (Lipinski definition) is 3. The molecule has 5 rings (SSSR count). The van der Waals surface area contributed by atoms with Crippen LogP contribution in [-0.4, -0.2) is 31.7 Å². The van der Waals surface area contributed by atoms with E-state index in [1.54, 1.807) is 30.3 Å². The number of benzene rings is 4. The van der Waals surface area contributed by atoms with Crippen LogP contribution in [0, 0.1) is 0 Å². The molecule has 0 saturated heterocycles. The lowest BCUT2D eigenvalue weighted by Gasteiger charge is -2.43. The Morgan fingerprint density at radius 1 is 0.816 bits per heavy atom. The summed E-state index contributed by atoms with van der Waals surface area (Å²) >= 11 is 14.0. The maximum atomic E-state index is 12.7. The van der Waals surface area contributed by atoms with Gasteiger partial charge >= 0.3 is 0 Å². The number of aromatic nitrogens is 1. The third kappa shape index (κ3) is 8.08. The van der Waals surface area contributed by atoms with E-state index in [4.69, 9.17) is 27.6 Å². The van der Waals surface area contributed by atoms with Crippen LogP contribution in [0.15, 0.2) is 115 Å². The Morgan fingerprint density at radius 2 is 1.45 bits per heavy atom. The van der Waals surface area contributed by atoms with E-state index in [1.807, 2.05) is 43.5 Å². The third-order valence-electron chi connectivity index (χ3n) is 8.54. The first-order valence-corrected chi connectivity index (χ1v) is 18.9. The molecule has 0 aliphatic rings.